The number of pyridine rings is 1. The monoisotopic (exact) mass is 427 g/mol. The van der Waals surface area contributed by atoms with Crippen LogP contribution in [-0.2, 0) is 9.53 Å². The number of anilines is 1. The number of halogens is 2. The molecule has 1 saturated carbocycles. The number of aromatic nitrogens is 1. The zero-order chi connectivity index (χ0) is 19.4. The SMILES string of the molecule is Cc1c(F)cc(Br)nc1NC(=O)[C@@H]1C[C@@]2(C)C[C@H]2N1C(=O)OC(C)(C)C. The largest absolute Gasteiger partial charge is 0.444 e. The van der Waals surface area contributed by atoms with Gasteiger partial charge in [0.2, 0.25) is 5.91 Å². The average molecular weight is 428 g/mol. The lowest BCUT2D eigenvalue weighted by Crippen LogP contribution is -2.47. The van der Waals surface area contributed by atoms with Gasteiger partial charge in [-0.25, -0.2) is 14.2 Å². The van der Waals surface area contributed by atoms with Crippen molar-refractivity contribution in [1.29, 1.82) is 0 Å². The molecule has 0 spiro atoms. The molecule has 8 heteroatoms. The van der Waals surface area contributed by atoms with Crippen molar-refractivity contribution in [2.45, 2.75) is 65.1 Å². The van der Waals surface area contributed by atoms with Gasteiger partial charge in [0.1, 0.15) is 27.9 Å². The summed E-state index contributed by atoms with van der Waals surface area (Å²) >= 11 is 3.13. The van der Waals surface area contributed by atoms with Gasteiger partial charge in [-0.3, -0.25) is 9.69 Å². The number of fused-ring (bicyclic) bond motifs is 1. The molecule has 2 heterocycles. The molecular weight excluding hydrogens is 405 g/mol. The molecule has 0 aromatic carbocycles. The summed E-state index contributed by atoms with van der Waals surface area (Å²) in [6.07, 6.45) is 0.922. The van der Waals surface area contributed by atoms with Gasteiger partial charge in [0.05, 0.1) is 0 Å². The maximum Gasteiger partial charge on any atom is 0.411 e. The highest BCUT2D eigenvalue weighted by atomic mass is 79.9. The van der Waals surface area contributed by atoms with Crippen LogP contribution in [0.5, 0.6) is 0 Å². The van der Waals surface area contributed by atoms with Gasteiger partial charge in [-0.15, -0.1) is 0 Å². The second-order valence-electron chi connectivity index (χ2n) is 8.37. The number of ether oxygens (including phenoxy) is 1. The van der Waals surface area contributed by atoms with E-state index >= 15 is 0 Å². The van der Waals surface area contributed by atoms with Crippen molar-refractivity contribution in [3.8, 4) is 0 Å². The molecule has 142 valence electrons. The van der Waals surface area contributed by atoms with Crippen molar-refractivity contribution >= 4 is 33.7 Å². The van der Waals surface area contributed by atoms with Crippen molar-refractivity contribution < 1.29 is 18.7 Å². The van der Waals surface area contributed by atoms with Gasteiger partial charge in [-0.05, 0) is 61.9 Å². The summed E-state index contributed by atoms with van der Waals surface area (Å²) in [4.78, 5) is 31.1. The smallest absolute Gasteiger partial charge is 0.411 e. The fourth-order valence-corrected chi connectivity index (χ4v) is 3.83. The molecule has 1 aliphatic carbocycles. The normalized spacial score (nSPS) is 27.1. The lowest BCUT2D eigenvalue weighted by atomic mass is 10.0. The van der Waals surface area contributed by atoms with Gasteiger partial charge >= 0.3 is 6.09 Å². The molecule has 0 unspecified atom stereocenters. The molecule has 2 amide bonds. The van der Waals surface area contributed by atoms with E-state index in [9.17, 15) is 14.0 Å². The van der Waals surface area contributed by atoms with Crippen LogP contribution in [0.2, 0.25) is 0 Å². The Morgan fingerprint density at radius 3 is 2.69 bits per heavy atom. The fraction of sp³-hybridized carbons (Fsp3) is 0.611. The molecule has 3 rings (SSSR count). The van der Waals surface area contributed by atoms with Crippen molar-refractivity contribution in [3.05, 3.63) is 22.1 Å². The molecular formula is C18H23BrFN3O3. The summed E-state index contributed by atoms with van der Waals surface area (Å²) in [6.45, 7) is 8.98. The molecule has 2 aliphatic rings. The number of piperidine rings is 1. The number of hydrogen-bond acceptors (Lipinski definition) is 4. The van der Waals surface area contributed by atoms with Crippen LogP contribution >= 0.6 is 15.9 Å². The van der Waals surface area contributed by atoms with Crippen molar-refractivity contribution in [3.63, 3.8) is 0 Å². The summed E-state index contributed by atoms with van der Waals surface area (Å²) in [7, 11) is 0. The number of rotatable bonds is 2. The van der Waals surface area contributed by atoms with E-state index < -0.39 is 23.6 Å². The fourth-order valence-electron chi connectivity index (χ4n) is 3.45. The molecule has 0 bridgehead atoms. The third-order valence-electron chi connectivity index (χ3n) is 4.96. The van der Waals surface area contributed by atoms with Gasteiger partial charge in [0.25, 0.3) is 0 Å². The van der Waals surface area contributed by atoms with Crippen LogP contribution in [0.15, 0.2) is 10.7 Å². The van der Waals surface area contributed by atoms with Crippen LogP contribution in [0.4, 0.5) is 15.0 Å². The first kappa shape index (κ1) is 19.1. The standard InChI is InChI=1S/C18H23BrFN3O3/c1-9-10(20)6-13(19)21-14(9)22-15(24)11-7-18(5)8-12(18)23(11)16(25)26-17(2,3)4/h6,11-12H,7-8H2,1-5H3,(H,21,22,24)/t11-,12+,18-/m0/s1. The third-order valence-corrected chi connectivity index (χ3v) is 5.37. The summed E-state index contributed by atoms with van der Waals surface area (Å²) in [5.74, 6) is -0.693. The molecule has 3 atom stereocenters. The van der Waals surface area contributed by atoms with E-state index in [2.05, 4.69) is 33.2 Å². The van der Waals surface area contributed by atoms with Crippen LogP contribution in [0.25, 0.3) is 0 Å². The predicted molar refractivity (Wildman–Crippen MR) is 98.3 cm³/mol. The molecule has 6 nitrogen and oxygen atoms in total. The topological polar surface area (TPSA) is 71.5 Å². The van der Waals surface area contributed by atoms with Crippen molar-refractivity contribution in [1.82, 2.24) is 9.88 Å². The zero-order valence-electron chi connectivity index (χ0n) is 15.5. The molecule has 1 N–H and O–H groups in total. The minimum absolute atomic E-state index is 0.00130. The van der Waals surface area contributed by atoms with E-state index in [-0.39, 0.29) is 28.7 Å². The maximum absolute atomic E-state index is 13.9. The van der Waals surface area contributed by atoms with Gasteiger partial charge in [-0.1, -0.05) is 6.92 Å². The van der Waals surface area contributed by atoms with Crippen LogP contribution in [0.1, 0.15) is 46.1 Å². The Kier molecular flexibility index (Phi) is 4.53. The quantitative estimate of drug-likeness (QED) is 0.723. The van der Waals surface area contributed by atoms with Crippen molar-refractivity contribution in [2.75, 3.05) is 5.32 Å². The third kappa shape index (κ3) is 3.56. The maximum atomic E-state index is 13.9. The van der Waals surface area contributed by atoms with Gasteiger partial charge in [-0.2, -0.15) is 0 Å². The summed E-state index contributed by atoms with van der Waals surface area (Å²) in [5, 5.41) is 2.67. The molecule has 1 aliphatic heterocycles. The van der Waals surface area contributed by atoms with Crippen molar-refractivity contribution in [2.24, 2.45) is 5.41 Å². The zero-order valence-corrected chi connectivity index (χ0v) is 17.1. The number of nitrogens with one attached hydrogen (secondary N) is 1. The van der Waals surface area contributed by atoms with Crippen LogP contribution in [0, 0.1) is 18.2 Å². The summed E-state index contributed by atoms with van der Waals surface area (Å²) in [5.41, 5.74) is -0.457. The van der Waals surface area contributed by atoms with E-state index in [0.29, 0.717) is 11.0 Å². The van der Waals surface area contributed by atoms with Gasteiger partial charge in [0, 0.05) is 17.7 Å². The van der Waals surface area contributed by atoms with E-state index in [1.54, 1.807) is 27.7 Å². The molecule has 1 aromatic heterocycles. The first-order valence-electron chi connectivity index (χ1n) is 8.56. The number of carbonyl (C=O) groups is 2. The summed E-state index contributed by atoms with van der Waals surface area (Å²) in [6, 6.07) is 0.585. The average Bonchev–Trinajstić information content (AvgIpc) is 3.03. The molecule has 0 radical (unpaired) electrons. The highest BCUT2D eigenvalue weighted by molar-refractivity contribution is 9.10. The minimum Gasteiger partial charge on any atom is -0.444 e. The van der Waals surface area contributed by atoms with E-state index in [4.69, 9.17) is 4.74 Å². The Morgan fingerprint density at radius 1 is 1.42 bits per heavy atom. The minimum atomic E-state index is -0.656. The molecule has 1 saturated heterocycles. The Balaban J connectivity index is 1.81. The highest BCUT2D eigenvalue weighted by Crippen LogP contribution is 2.59. The van der Waals surface area contributed by atoms with E-state index in [1.165, 1.54) is 11.0 Å². The number of carbonyl (C=O) groups excluding carboxylic acids is 2. The lowest BCUT2D eigenvalue weighted by Gasteiger charge is -2.29. The van der Waals surface area contributed by atoms with Gasteiger partial charge < -0.3 is 10.1 Å². The Labute approximate surface area is 160 Å². The highest BCUT2D eigenvalue weighted by Gasteiger charge is 2.65. The predicted octanol–water partition coefficient (Wildman–Crippen LogP) is 4.02. The Bertz CT molecular complexity index is 780. The molecule has 1 aromatic rings. The Morgan fingerprint density at radius 2 is 2.08 bits per heavy atom. The van der Waals surface area contributed by atoms with Crippen LogP contribution < -0.4 is 5.32 Å². The second kappa shape index (κ2) is 6.18. The van der Waals surface area contributed by atoms with Crippen LogP contribution in [0.3, 0.4) is 0 Å². The first-order chi connectivity index (χ1) is 11.9. The van der Waals surface area contributed by atoms with Crippen LogP contribution in [-0.4, -0.2) is 39.6 Å². The molecule has 2 fully saturated rings. The summed E-state index contributed by atoms with van der Waals surface area (Å²) < 4.78 is 19.7. The first-order valence-corrected chi connectivity index (χ1v) is 9.35. The van der Waals surface area contributed by atoms with Gasteiger partial charge in [0.15, 0.2) is 0 Å². The lowest BCUT2D eigenvalue weighted by molar-refractivity contribution is -0.121. The number of likely N-dealkylation sites (tertiary alicyclic amines) is 1. The number of nitrogens with zero attached hydrogens (tertiary/aromatic N) is 2. The van der Waals surface area contributed by atoms with E-state index in [1.807, 2.05) is 0 Å². The second-order valence-corrected chi connectivity index (χ2v) is 9.18. The molecule has 26 heavy (non-hydrogen) atoms. The number of hydrogen-bond donors (Lipinski definition) is 1. The number of amides is 2. The van der Waals surface area contributed by atoms with E-state index in [0.717, 1.165) is 6.42 Å². The Hall–Kier alpha value is -1.70.